The van der Waals surface area contributed by atoms with E-state index in [-0.39, 0.29) is 18.6 Å². The number of nitrogen functional groups attached to an aromatic ring is 1. The smallest absolute Gasteiger partial charge is 0.184 e. The quantitative estimate of drug-likeness (QED) is 0.739. The molecule has 2 aromatic heterocycles. The van der Waals surface area contributed by atoms with Crippen molar-refractivity contribution in [1.29, 1.82) is 0 Å². The van der Waals surface area contributed by atoms with Gasteiger partial charge in [0.15, 0.2) is 17.0 Å². The lowest BCUT2D eigenvalue weighted by molar-refractivity contribution is 0.233. The second-order valence-corrected chi connectivity index (χ2v) is 4.44. The molecule has 0 saturated heterocycles. The lowest BCUT2D eigenvalue weighted by Crippen LogP contribution is -2.16. The number of aliphatic hydroxyl groups excluding tert-OH is 1. The summed E-state index contributed by atoms with van der Waals surface area (Å²) in [5.41, 5.74) is 6.91. The maximum absolute atomic E-state index is 9.09. The molecule has 0 radical (unpaired) electrons. The van der Waals surface area contributed by atoms with Crippen molar-refractivity contribution < 1.29 is 5.11 Å². The van der Waals surface area contributed by atoms with Crippen LogP contribution in [0.1, 0.15) is 18.9 Å². The summed E-state index contributed by atoms with van der Waals surface area (Å²) < 4.78 is 1.76. The normalized spacial score (nSPS) is 23.6. The Balaban J connectivity index is 1.98. The Kier molecular flexibility index (Phi) is 2.67. The molecule has 2 heterocycles. The molecule has 94 valence electrons. The highest BCUT2D eigenvalue weighted by atomic mass is 16.3. The van der Waals surface area contributed by atoms with E-state index in [1.54, 1.807) is 4.68 Å². The summed E-state index contributed by atoms with van der Waals surface area (Å²) in [4.78, 5) is 8.07. The predicted octanol–water partition coefficient (Wildman–Crippen LogP) is 0.303. The Hall–Kier alpha value is -2.02. The van der Waals surface area contributed by atoms with Crippen LogP contribution in [0.25, 0.3) is 11.2 Å². The van der Waals surface area contributed by atoms with E-state index in [0.29, 0.717) is 17.0 Å². The summed E-state index contributed by atoms with van der Waals surface area (Å²) >= 11 is 0. The van der Waals surface area contributed by atoms with Crippen LogP contribution in [0.4, 0.5) is 5.82 Å². The minimum absolute atomic E-state index is 0.118. The largest absolute Gasteiger partial charge is 0.396 e. The van der Waals surface area contributed by atoms with E-state index < -0.39 is 0 Å². The van der Waals surface area contributed by atoms with E-state index in [2.05, 4.69) is 20.3 Å². The van der Waals surface area contributed by atoms with Crippen LogP contribution in [0.3, 0.4) is 0 Å². The van der Waals surface area contributed by atoms with Gasteiger partial charge in [0.2, 0.25) is 0 Å². The summed E-state index contributed by atoms with van der Waals surface area (Å²) in [6.45, 7) is 0.191. The molecule has 1 aliphatic rings. The zero-order valence-electron chi connectivity index (χ0n) is 9.77. The molecule has 3 rings (SSSR count). The van der Waals surface area contributed by atoms with Crippen LogP contribution in [-0.2, 0) is 0 Å². The highest BCUT2D eigenvalue weighted by Gasteiger charge is 2.20. The molecule has 0 spiro atoms. The van der Waals surface area contributed by atoms with E-state index in [4.69, 9.17) is 10.8 Å². The molecule has 0 saturated carbocycles. The molecule has 3 N–H and O–H groups in total. The zero-order valence-corrected chi connectivity index (χ0v) is 9.77. The molecular weight excluding hydrogens is 232 g/mol. The second-order valence-electron chi connectivity index (χ2n) is 4.44. The van der Waals surface area contributed by atoms with Crippen molar-refractivity contribution >= 4 is 17.0 Å². The average Bonchev–Trinajstić information content (AvgIpc) is 2.84. The fourth-order valence-electron chi connectivity index (χ4n) is 2.22. The first-order chi connectivity index (χ1) is 8.79. The summed E-state index contributed by atoms with van der Waals surface area (Å²) in [6, 6.07) is 0.118. The number of hydrogen-bond donors (Lipinski definition) is 2. The van der Waals surface area contributed by atoms with Gasteiger partial charge in [-0.1, -0.05) is 17.4 Å². The maximum atomic E-state index is 9.09. The van der Waals surface area contributed by atoms with Gasteiger partial charge in [0, 0.05) is 12.5 Å². The first-order valence-electron chi connectivity index (χ1n) is 5.90. The summed E-state index contributed by atoms with van der Waals surface area (Å²) in [5, 5.41) is 17.2. The molecule has 18 heavy (non-hydrogen) atoms. The van der Waals surface area contributed by atoms with Gasteiger partial charge in [0.1, 0.15) is 6.33 Å². The number of hydrogen-bond acceptors (Lipinski definition) is 6. The van der Waals surface area contributed by atoms with Crippen molar-refractivity contribution in [3.8, 4) is 0 Å². The number of fused-ring (bicyclic) bond motifs is 1. The number of rotatable bonds is 2. The number of aromatic nitrogens is 5. The Morgan fingerprint density at radius 1 is 1.33 bits per heavy atom. The van der Waals surface area contributed by atoms with Crippen LogP contribution in [0.5, 0.6) is 0 Å². The maximum Gasteiger partial charge on any atom is 0.184 e. The molecule has 1 aliphatic carbocycles. The first kappa shape index (κ1) is 11.1. The summed E-state index contributed by atoms with van der Waals surface area (Å²) in [5.74, 6) is 0.593. The third-order valence-electron chi connectivity index (χ3n) is 3.28. The monoisotopic (exact) mass is 246 g/mol. The van der Waals surface area contributed by atoms with E-state index in [1.165, 1.54) is 6.33 Å². The number of nitrogens with two attached hydrogens (primary N) is 1. The predicted molar refractivity (Wildman–Crippen MR) is 65.5 cm³/mol. The topological polar surface area (TPSA) is 103 Å². The molecular formula is C11H14N6O. The van der Waals surface area contributed by atoms with Gasteiger partial charge in [-0.15, -0.1) is 5.10 Å². The van der Waals surface area contributed by atoms with Gasteiger partial charge < -0.3 is 10.8 Å². The number of aliphatic hydroxyl groups is 1. The minimum atomic E-state index is 0.118. The summed E-state index contributed by atoms with van der Waals surface area (Å²) in [6.07, 6.45) is 7.31. The highest BCUT2D eigenvalue weighted by molar-refractivity contribution is 5.80. The molecule has 7 nitrogen and oxygen atoms in total. The Labute approximate surface area is 103 Å². The summed E-state index contributed by atoms with van der Waals surface area (Å²) in [7, 11) is 0. The molecule has 7 heteroatoms. The van der Waals surface area contributed by atoms with Crippen molar-refractivity contribution in [2.45, 2.75) is 18.9 Å². The van der Waals surface area contributed by atoms with Crippen molar-refractivity contribution in [3.05, 3.63) is 18.5 Å². The van der Waals surface area contributed by atoms with Gasteiger partial charge in [-0.05, 0) is 12.8 Å². The Bertz CT molecular complexity index is 592. The van der Waals surface area contributed by atoms with Crippen LogP contribution >= 0.6 is 0 Å². The standard InChI is InChI=1S/C11H14N6O/c12-10-9-11(14-6-13-10)17(16-15-9)8-3-1-7(5-18)2-4-8/h1,3,6-8,18H,2,4-5H2,(H2,12,13,14)/t7-,8+/m1/s1. The molecule has 0 aliphatic heterocycles. The third-order valence-corrected chi connectivity index (χ3v) is 3.28. The van der Waals surface area contributed by atoms with Gasteiger partial charge in [0.05, 0.1) is 6.04 Å². The highest BCUT2D eigenvalue weighted by Crippen LogP contribution is 2.27. The van der Waals surface area contributed by atoms with Crippen molar-refractivity contribution in [2.24, 2.45) is 5.92 Å². The molecule has 0 bridgehead atoms. The van der Waals surface area contributed by atoms with Crippen LogP contribution in [0.15, 0.2) is 18.5 Å². The first-order valence-corrected chi connectivity index (χ1v) is 5.90. The van der Waals surface area contributed by atoms with Gasteiger partial charge in [-0.3, -0.25) is 0 Å². The van der Waals surface area contributed by atoms with E-state index in [1.807, 2.05) is 12.2 Å². The van der Waals surface area contributed by atoms with Gasteiger partial charge in [-0.25, -0.2) is 14.6 Å². The van der Waals surface area contributed by atoms with Crippen molar-refractivity contribution in [1.82, 2.24) is 25.0 Å². The van der Waals surface area contributed by atoms with Gasteiger partial charge >= 0.3 is 0 Å². The molecule has 2 atom stereocenters. The minimum Gasteiger partial charge on any atom is -0.396 e. The number of anilines is 1. The van der Waals surface area contributed by atoms with Gasteiger partial charge in [0.25, 0.3) is 0 Å². The SMILES string of the molecule is Nc1ncnc2c1nnn2[C@H]1C=C[C@@H](CO)CC1. The Morgan fingerprint density at radius 3 is 2.94 bits per heavy atom. The van der Waals surface area contributed by atoms with Crippen molar-refractivity contribution in [2.75, 3.05) is 12.3 Å². The fourth-order valence-corrected chi connectivity index (χ4v) is 2.22. The Morgan fingerprint density at radius 2 is 2.22 bits per heavy atom. The molecule has 0 fully saturated rings. The fraction of sp³-hybridized carbons (Fsp3) is 0.455. The van der Waals surface area contributed by atoms with E-state index in [0.717, 1.165) is 12.8 Å². The number of allylic oxidation sites excluding steroid dienone is 1. The molecule has 2 aromatic rings. The third kappa shape index (κ3) is 1.72. The van der Waals surface area contributed by atoms with Crippen LogP contribution < -0.4 is 5.73 Å². The van der Waals surface area contributed by atoms with E-state index >= 15 is 0 Å². The average molecular weight is 246 g/mol. The molecule has 0 amide bonds. The molecule has 0 unspecified atom stereocenters. The second kappa shape index (κ2) is 4.34. The lowest BCUT2D eigenvalue weighted by atomic mass is 9.93. The zero-order chi connectivity index (χ0) is 12.5. The van der Waals surface area contributed by atoms with Crippen molar-refractivity contribution in [3.63, 3.8) is 0 Å². The van der Waals surface area contributed by atoms with Gasteiger partial charge in [-0.2, -0.15) is 0 Å². The lowest BCUT2D eigenvalue weighted by Gasteiger charge is -2.21. The molecule has 0 aromatic carbocycles. The van der Waals surface area contributed by atoms with E-state index in [9.17, 15) is 0 Å². The van der Waals surface area contributed by atoms with Crippen LogP contribution in [0.2, 0.25) is 0 Å². The van der Waals surface area contributed by atoms with Crippen LogP contribution in [-0.4, -0.2) is 36.7 Å². The number of nitrogens with zero attached hydrogens (tertiary/aromatic N) is 5. The van der Waals surface area contributed by atoms with Crippen LogP contribution in [0, 0.1) is 5.92 Å².